The molecule has 1 aromatic heterocycles. The van der Waals surface area contributed by atoms with Crippen LogP contribution < -0.4 is 10.3 Å². The highest BCUT2D eigenvalue weighted by Crippen LogP contribution is 2.23. The Hall–Kier alpha value is -2.56. The Morgan fingerprint density at radius 2 is 2.00 bits per heavy atom. The fourth-order valence-electron chi connectivity index (χ4n) is 2.35. The number of carbonyl (C=O) groups is 1. The van der Waals surface area contributed by atoms with Gasteiger partial charge in [-0.1, -0.05) is 19.1 Å². The average molecular weight is 301 g/mol. The minimum Gasteiger partial charge on any atom is -0.494 e. The molecule has 1 N–H and O–H groups in total. The number of hydrogen-bond donors (Lipinski definition) is 1. The van der Waals surface area contributed by atoms with Crippen molar-refractivity contribution in [3.8, 4) is 17.0 Å². The van der Waals surface area contributed by atoms with Crippen molar-refractivity contribution in [1.29, 1.82) is 0 Å². The molecule has 0 aliphatic heterocycles. The maximum Gasteiger partial charge on any atom is 0.341 e. The van der Waals surface area contributed by atoms with E-state index in [1.54, 1.807) is 6.07 Å². The molecule has 0 fully saturated rings. The van der Waals surface area contributed by atoms with Crippen LogP contribution in [0.25, 0.3) is 11.3 Å². The van der Waals surface area contributed by atoms with Crippen LogP contribution in [0.4, 0.5) is 0 Å². The third-order valence-corrected chi connectivity index (χ3v) is 3.29. The first-order valence-electron chi connectivity index (χ1n) is 7.28. The largest absolute Gasteiger partial charge is 0.494 e. The Kier molecular flexibility index (Phi) is 4.99. The van der Waals surface area contributed by atoms with E-state index < -0.39 is 11.5 Å². The predicted octanol–water partition coefficient (Wildman–Crippen LogP) is 3.02. The van der Waals surface area contributed by atoms with Crippen LogP contribution >= 0.6 is 0 Å². The molecule has 0 aliphatic carbocycles. The molecule has 2 aromatic rings. The Balaban J connectivity index is 2.59. The van der Waals surface area contributed by atoms with Gasteiger partial charge in [0.2, 0.25) is 0 Å². The highest BCUT2D eigenvalue weighted by atomic mass is 16.5. The molecule has 0 spiro atoms. The van der Waals surface area contributed by atoms with E-state index in [-0.39, 0.29) is 5.56 Å². The van der Waals surface area contributed by atoms with Gasteiger partial charge in [0.15, 0.2) is 0 Å². The number of ether oxygens (including phenoxy) is 1. The SMILES string of the molecule is CCCn1c(-c2cccc(OCC)c2)ccc(C(=O)O)c1=O. The van der Waals surface area contributed by atoms with Crippen LogP contribution in [-0.2, 0) is 6.54 Å². The monoisotopic (exact) mass is 301 g/mol. The number of benzene rings is 1. The van der Waals surface area contributed by atoms with E-state index in [1.807, 2.05) is 38.1 Å². The van der Waals surface area contributed by atoms with Gasteiger partial charge in [-0.25, -0.2) is 4.79 Å². The lowest BCUT2D eigenvalue weighted by Crippen LogP contribution is -2.27. The summed E-state index contributed by atoms with van der Waals surface area (Å²) in [5.74, 6) is -0.484. The van der Waals surface area contributed by atoms with Crippen molar-refractivity contribution >= 4 is 5.97 Å². The van der Waals surface area contributed by atoms with Crippen LogP contribution in [0.1, 0.15) is 30.6 Å². The highest BCUT2D eigenvalue weighted by Gasteiger charge is 2.14. The fourth-order valence-corrected chi connectivity index (χ4v) is 2.35. The van der Waals surface area contributed by atoms with Gasteiger partial charge in [0.1, 0.15) is 11.3 Å². The predicted molar refractivity (Wildman–Crippen MR) is 84.6 cm³/mol. The smallest absolute Gasteiger partial charge is 0.341 e. The van der Waals surface area contributed by atoms with Crippen LogP contribution in [0.2, 0.25) is 0 Å². The summed E-state index contributed by atoms with van der Waals surface area (Å²) in [6, 6.07) is 10.5. The average Bonchev–Trinajstić information content (AvgIpc) is 2.49. The fraction of sp³-hybridized carbons (Fsp3) is 0.294. The van der Waals surface area contributed by atoms with Crippen molar-refractivity contribution in [2.75, 3.05) is 6.61 Å². The van der Waals surface area contributed by atoms with E-state index in [4.69, 9.17) is 9.84 Å². The lowest BCUT2D eigenvalue weighted by molar-refractivity contribution is 0.0694. The second-order valence-electron chi connectivity index (χ2n) is 4.86. The Morgan fingerprint density at radius 1 is 1.23 bits per heavy atom. The molecule has 0 radical (unpaired) electrons. The third kappa shape index (κ3) is 3.19. The molecule has 0 saturated heterocycles. The van der Waals surface area contributed by atoms with Crippen molar-refractivity contribution < 1.29 is 14.6 Å². The number of aromatic carboxylic acids is 1. The maximum absolute atomic E-state index is 12.4. The Labute approximate surface area is 128 Å². The number of pyridine rings is 1. The van der Waals surface area contributed by atoms with E-state index in [0.717, 1.165) is 17.7 Å². The van der Waals surface area contributed by atoms with Crippen molar-refractivity contribution in [3.63, 3.8) is 0 Å². The standard InChI is InChI=1S/C17H19NO4/c1-3-10-18-15(9-8-14(16(18)19)17(20)21)12-6-5-7-13(11-12)22-4-2/h5-9,11H,3-4,10H2,1-2H3,(H,20,21). The number of nitrogens with zero attached hydrogens (tertiary/aromatic N) is 1. The number of rotatable bonds is 6. The summed E-state index contributed by atoms with van der Waals surface area (Å²) in [4.78, 5) is 23.5. The topological polar surface area (TPSA) is 68.5 Å². The van der Waals surface area contributed by atoms with Gasteiger partial charge in [-0.15, -0.1) is 0 Å². The molecule has 1 aromatic carbocycles. The first-order chi connectivity index (χ1) is 10.6. The van der Waals surface area contributed by atoms with Gasteiger partial charge >= 0.3 is 5.97 Å². The van der Waals surface area contributed by atoms with E-state index in [0.29, 0.717) is 18.8 Å². The molecule has 0 amide bonds. The van der Waals surface area contributed by atoms with Gasteiger partial charge in [-0.3, -0.25) is 4.79 Å². The van der Waals surface area contributed by atoms with Gasteiger partial charge in [0.05, 0.1) is 12.3 Å². The summed E-state index contributed by atoms with van der Waals surface area (Å²) in [6.07, 6.45) is 0.737. The highest BCUT2D eigenvalue weighted by molar-refractivity contribution is 5.87. The molecular weight excluding hydrogens is 282 g/mol. The first-order valence-corrected chi connectivity index (χ1v) is 7.28. The molecule has 5 heteroatoms. The van der Waals surface area contributed by atoms with E-state index in [9.17, 15) is 9.59 Å². The summed E-state index contributed by atoms with van der Waals surface area (Å²) >= 11 is 0. The zero-order valence-corrected chi connectivity index (χ0v) is 12.7. The molecular formula is C17H19NO4. The molecule has 116 valence electrons. The zero-order valence-electron chi connectivity index (χ0n) is 12.7. The quantitative estimate of drug-likeness (QED) is 0.890. The minimum absolute atomic E-state index is 0.210. The van der Waals surface area contributed by atoms with Gasteiger partial charge in [-0.2, -0.15) is 0 Å². The van der Waals surface area contributed by atoms with Crippen molar-refractivity contribution in [3.05, 3.63) is 52.3 Å². The molecule has 2 rings (SSSR count). The third-order valence-electron chi connectivity index (χ3n) is 3.29. The van der Waals surface area contributed by atoms with Gasteiger partial charge < -0.3 is 14.4 Å². The summed E-state index contributed by atoms with van der Waals surface area (Å²) in [5.41, 5.74) is 0.832. The number of carboxylic acids is 1. The minimum atomic E-state index is -1.20. The Bertz CT molecular complexity index is 734. The van der Waals surface area contributed by atoms with Crippen LogP contribution in [0.15, 0.2) is 41.2 Å². The van der Waals surface area contributed by atoms with Gasteiger partial charge in [0.25, 0.3) is 5.56 Å². The summed E-state index contributed by atoms with van der Waals surface area (Å²) in [7, 11) is 0. The van der Waals surface area contributed by atoms with E-state index in [2.05, 4.69) is 0 Å². The molecule has 5 nitrogen and oxygen atoms in total. The van der Waals surface area contributed by atoms with Crippen LogP contribution in [0.3, 0.4) is 0 Å². The molecule has 22 heavy (non-hydrogen) atoms. The summed E-state index contributed by atoms with van der Waals surface area (Å²) < 4.78 is 6.99. The molecule has 0 bridgehead atoms. The summed E-state index contributed by atoms with van der Waals surface area (Å²) in [5, 5.41) is 9.10. The number of hydrogen-bond acceptors (Lipinski definition) is 3. The van der Waals surface area contributed by atoms with E-state index >= 15 is 0 Å². The molecule has 0 unspecified atom stereocenters. The molecule has 0 atom stereocenters. The zero-order chi connectivity index (χ0) is 16.1. The number of aromatic nitrogens is 1. The lowest BCUT2D eigenvalue weighted by atomic mass is 10.1. The van der Waals surface area contributed by atoms with Gasteiger partial charge in [-0.05, 0) is 37.6 Å². The maximum atomic E-state index is 12.4. The van der Waals surface area contributed by atoms with Crippen molar-refractivity contribution in [2.45, 2.75) is 26.8 Å². The van der Waals surface area contributed by atoms with Crippen molar-refractivity contribution in [1.82, 2.24) is 4.57 Å². The van der Waals surface area contributed by atoms with Crippen LogP contribution in [0.5, 0.6) is 5.75 Å². The molecule has 0 aliphatic rings. The first kappa shape index (κ1) is 15.8. The number of carboxylic acid groups (broad SMARTS) is 1. The van der Waals surface area contributed by atoms with Crippen LogP contribution in [0, 0.1) is 0 Å². The Morgan fingerprint density at radius 3 is 2.64 bits per heavy atom. The molecule has 0 saturated carbocycles. The normalized spacial score (nSPS) is 10.5. The van der Waals surface area contributed by atoms with Crippen molar-refractivity contribution in [2.24, 2.45) is 0 Å². The van der Waals surface area contributed by atoms with Gasteiger partial charge in [0, 0.05) is 12.1 Å². The van der Waals surface area contributed by atoms with E-state index in [1.165, 1.54) is 10.6 Å². The second kappa shape index (κ2) is 6.93. The lowest BCUT2D eigenvalue weighted by Gasteiger charge is -2.14. The second-order valence-corrected chi connectivity index (χ2v) is 4.86. The summed E-state index contributed by atoms with van der Waals surface area (Å²) in [6.45, 7) is 4.87. The van der Waals surface area contributed by atoms with Crippen LogP contribution in [-0.4, -0.2) is 22.2 Å². The molecule has 1 heterocycles.